The van der Waals surface area contributed by atoms with Crippen LogP contribution >= 0.6 is 11.6 Å². The molecular formula is C15H14ClFN2O4S. The summed E-state index contributed by atoms with van der Waals surface area (Å²) >= 11 is 5.83. The molecular weight excluding hydrogens is 359 g/mol. The minimum absolute atomic E-state index is 0.0370. The lowest BCUT2D eigenvalue weighted by molar-refractivity contribution is -0.114. The number of ether oxygens (including phenoxy) is 1. The molecule has 2 N–H and O–H groups in total. The van der Waals surface area contributed by atoms with Gasteiger partial charge in [-0.1, -0.05) is 11.6 Å². The molecule has 0 aliphatic rings. The molecule has 0 saturated heterocycles. The molecule has 0 aliphatic heterocycles. The molecule has 24 heavy (non-hydrogen) atoms. The van der Waals surface area contributed by atoms with E-state index in [-0.39, 0.29) is 27.2 Å². The highest BCUT2D eigenvalue weighted by atomic mass is 35.5. The van der Waals surface area contributed by atoms with Gasteiger partial charge < -0.3 is 10.1 Å². The van der Waals surface area contributed by atoms with Crippen molar-refractivity contribution in [3.05, 3.63) is 47.2 Å². The SMILES string of the molecule is COc1ccc(S(=O)(=O)Nc2ccc(F)cc2Cl)cc1NC(C)=O. The molecule has 0 unspecified atom stereocenters. The van der Waals surface area contributed by atoms with Crippen molar-refractivity contribution >= 4 is 38.9 Å². The van der Waals surface area contributed by atoms with Crippen molar-refractivity contribution < 1.29 is 22.3 Å². The fraction of sp³-hybridized carbons (Fsp3) is 0.133. The van der Waals surface area contributed by atoms with Gasteiger partial charge in [-0.3, -0.25) is 9.52 Å². The maximum atomic E-state index is 13.0. The van der Waals surface area contributed by atoms with Gasteiger partial charge in [-0.05, 0) is 36.4 Å². The van der Waals surface area contributed by atoms with Crippen LogP contribution in [0.1, 0.15) is 6.92 Å². The number of benzene rings is 2. The molecule has 0 aliphatic carbocycles. The third kappa shape index (κ3) is 4.15. The van der Waals surface area contributed by atoms with Crippen LogP contribution in [0.4, 0.5) is 15.8 Å². The van der Waals surface area contributed by atoms with Gasteiger partial charge in [0.25, 0.3) is 10.0 Å². The predicted molar refractivity (Wildman–Crippen MR) is 89.5 cm³/mol. The van der Waals surface area contributed by atoms with Crippen molar-refractivity contribution in [2.24, 2.45) is 0 Å². The molecule has 0 atom stereocenters. The zero-order valence-electron chi connectivity index (χ0n) is 12.8. The molecule has 0 aromatic heterocycles. The van der Waals surface area contributed by atoms with E-state index < -0.39 is 15.8 Å². The maximum absolute atomic E-state index is 13.0. The highest BCUT2D eigenvalue weighted by molar-refractivity contribution is 7.92. The largest absolute Gasteiger partial charge is 0.495 e. The molecule has 0 bridgehead atoms. The number of methoxy groups -OCH3 is 1. The van der Waals surface area contributed by atoms with Crippen LogP contribution in [0.5, 0.6) is 5.75 Å². The Balaban J connectivity index is 2.40. The second-order valence-corrected chi connectivity index (χ2v) is 6.86. The number of carbonyl (C=O) groups is 1. The summed E-state index contributed by atoms with van der Waals surface area (Å²) in [5.41, 5.74) is 0.244. The minimum atomic E-state index is -4.00. The monoisotopic (exact) mass is 372 g/mol. The second-order valence-electron chi connectivity index (χ2n) is 4.77. The Hall–Kier alpha value is -2.32. The third-order valence-corrected chi connectivity index (χ3v) is 4.64. The molecule has 6 nitrogen and oxygen atoms in total. The van der Waals surface area contributed by atoms with Crippen LogP contribution < -0.4 is 14.8 Å². The number of sulfonamides is 1. The van der Waals surface area contributed by atoms with Gasteiger partial charge in [0.15, 0.2) is 0 Å². The molecule has 2 rings (SSSR count). The van der Waals surface area contributed by atoms with Crippen LogP contribution in [0.25, 0.3) is 0 Å². The maximum Gasteiger partial charge on any atom is 0.262 e. The van der Waals surface area contributed by atoms with E-state index in [9.17, 15) is 17.6 Å². The molecule has 1 amide bonds. The minimum Gasteiger partial charge on any atom is -0.495 e. The van der Waals surface area contributed by atoms with Crippen molar-refractivity contribution in [2.75, 3.05) is 17.1 Å². The van der Waals surface area contributed by atoms with Crippen LogP contribution in [-0.2, 0) is 14.8 Å². The van der Waals surface area contributed by atoms with E-state index in [4.69, 9.17) is 16.3 Å². The fourth-order valence-corrected chi connectivity index (χ4v) is 3.29. The van der Waals surface area contributed by atoms with Crippen LogP contribution in [0.3, 0.4) is 0 Å². The van der Waals surface area contributed by atoms with Gasteiger partial charge in [-0.2, -0.15) is 0 Å². The summed E-state index contributed by atoms with van der Waals surface area (Å²) in [4.78, 5) is 11.1. The normalized spacial score (nSPS) is 11.0. The summed E-state index contributed by atoms with van der Waals surface area (Å²) in [5, 5.41) is 2.41. The van der Waals surface area contributed by atoms with E-state index in [1.54, 1.807) is 0 Å². The first-order chi connectivity index (χ1) is 11.2. The summed E-state index contributed by atoms with van der Waals surface area (Å²) in [6.07, 6.45) is 0. The summed E-state index contributed by atoms with van der Waals surface area (Å²) in [7, 11) is -2.60. The number of carbonyl (C=O) groups excluding carboxylic acids is 1. The Labute approximate surface area is 143 Å². The van der Waals surface area contributed by atoms with Crippen molar-refractivity contribution in [1.29, 1.82) is 0 Å². The molecule has 128 valence electrons. The van der Waals surface area contributed by atoms with E-state index in [1.807, 2.05) is 0 Å². The Morgan fingerprint density at radius 2 is 1.88 bits per heavy atom. The average molecular weight is 373 g/mol. The Morgan fingerprint density at radius 3 is 2.46 bits per heavy atom. The fourth-order valence-electron chi connectivity index (χ4n) is 1.92. The van der Waals surface area contributed by atoms with Crippen molar-refractivity contribution in [2.45, 2.75) is 11.8 Å². The highest BCUT2D eigenvalue weighted by Gasteiger charge is 2.18. The van der Waals surface area contributed by atoms with Gasteiger partial charge in [0, 0.05) is 6.92 Å². The van der Waals surface area contributed by atoms with Crippen LogP contribution in [0.2, 0.25) is 5.02 Å². The van der Waals surface area contributed by atoms with E-state index in [1.165, 1.54) is 38.3 Å². The number of rotatable bonds is 5. The number of anilines is 2. The predicted octanol–water partition coefficient (Wildman–Crippen LogP) is 3.25. The molecule has 2 aromatic rings. The summed E-state index contributed by atoms with van der Waals surface area (Å²) in [6, 6.07) is 7.26. The zero-order chi connectivity index (χ0) is 17.9. The Morgan fingerprint density at radius 1 is 1.17 bits per heavy atom. The second kappa shape index (κ2) is 7.06. The lowest BCUT2D eigenvalue weighted by Crippen LogP contribution is -2.14. The van der Waals surface area contributed by atoms with Gasteiger partial charge >= 0.3 is 0 Å². The number of nitrogens with one attached hydrogen (secondary N) is 2. The first-order valence-corrected chi connectivity index (χ1v) is 8.52. The molecule has 0 saturated carbocycles. The third-order valence-electron chi connectivity index (χ3n) is 2.97. The van der Waals surface area contributed by atoms with Gasteiger partial charge in [-0.25, -0.2) is 12.8 Å². The molecule has 0 fully saturated rings. The molecule has 0 heterocycles. The first-order valence-electron chi connectivity index (χ1n) is 6.66. The topological polar surface area (TPSA) is 84.5 Å². The number of halogens is 2. The number of hydrogen-bond acceptors (Lipinski definition) is 4. The Kier molecular flexibility index (Phi) is 5.30. The van der Waals surface area contributed by atoms with Gasteiger partial charge in [0.05, 0.1) is 28.4 Å². The molecule has 0 spiro atoms. The zero-order valence-corrected chi connectivity index (χ0v) is 14.3. The summed E-state index contributed by atoms with van der Waals surface area (Å²) in [5.74, 6) is -0.651. The quantitative estimate of drug-likeness (QED) is 0.843. The van der Waals surface area contributed by atoms with Crippen LogP contribution in [-0.4, -0.2) is 21.4 Å². The molecule has 0 radical (unpaired) electrons. The van der Waals surface area contributed by atoms with E-state index >= 15 is 0 Å². The van der Waals surface area contributed by atoms with Crippen LogP contribution in [0.15, 0.2) is 41.3 Å². The number of hydrogen-bond donors (Lipinski definition) is 2. The average Bonchev–Trinajstić information content (AvgIpc) is 2.49. The van der Waals surface area contributed by atoms with Crippen LogP contribution in [0, 0.1) is 5.82 Å². The van der Waals surface area contributed by atoms with Crippen molar-refractivity contribution in [3.8, 4) is 5.75 Å². The molecule has 9 heteroatoms. The smallest absolute Gasteiger partial charge is 0.262 e. The van der Waals surface area contributed by atoms with Gasteiger partial charge in [0.2, 0.25) is 5.91 Å². The highest BCUT2D eigenvalue weighted by Crippen LogP contribution is 2.30. The van der Waals surface area contributed by atoms with Crippen molar-refractivity contribution in [3.63, 3.8) is 0 Å². The van der Waals surface area contributed by atoms with Crippen molar-refractivity contribution in [1.82, 2.24) is 0 Å². The van der Waals surface area contributed by atoms with E-state index in [0.29, 0.717) is 5.75 Å². The Bertz CT molecular complexity index is 887. The lowest BCUT2D eigenvalue weighted by atomic mass is 10.3. The van der Waals surface area contributed by atoms with E-state index in [2.05, 4.69) is 10.0 Å². The lowest BCUT2D eigenvalue weighted by Gasteiger charge is -2.13. The van der Waals surface area contributed by atoms with Gasteiger partial charge in [-0.15, -0.1) is 0 Å². The van der Waals surface area contributed by atoms with E-state index in [0.717, 1.165) is 12.1 Å². The van der Waals surface area contributed by atoms with Gasteiger partial charge in [0.1, 0.15) is 11.6 Å². The standard InChI is InChI=1S/C15H14ClFN2O4S/c1-9(20)18-14-8-11(4-6-15(14)23-2)24(21,22)19-13-5-3-10(17)7-12(13)16/h3-8,19H,1-2H3,(H,18,20). The first kappa shape index (κ1) is 18.0. The molecule has 2 aromatic carbocycles. The summed E-state index contributed by atoms with van der Waals surface area (Å²) < 4.78 is 45.3. The number of amides is 1. The summed E-state index contributed by atoms with van der Waals surface area (Å²) in [6.45, 7) is 1.29.